The predicted molar refractivity (Wildman–Crippen MR) is 86.8 cm³/mol. The number of carboxylic acids is 1. The summed E-state index contributed by atoms with van der Waals surface area (Å²) in [4.78, 5) is 24.7. The van der Waals surface area contributed by atoms with Gasteiger partial charge in [-0.1, -0.05) is 6.07 Å². The summed E-state index contributed by atoms with van der Waals surface area (Å²) in [6, 6.07) is 4.43. The van der Waals surface area contributed by atoms with Gasteiger partial charge in [0.15, 0.2) is 24.2 Å². The lowest BCUT2D eigenvalue weighted by Gasteiger charge is -2.31. The fraction of sp³-hybridized carbons (Fsp3) is 0.529. The quantitative estimate of drug-likeness (QED) is 0.764. The first-order valence-electron chi connectivity index (χ1n) is 8.18. The van der Waals surface area contributed by atoms with Gasteiger partial charge in [0.1, 0.15) is 0 Å². The number of ether oxygens (including phenoxy) is 3. The van der Waals surface area contributed by atoms with E-state index in [0.717, 1.165) is 0 Å². The standard InChI is InChI=1S/C17H20F3NO6/c1-25-13-8-11(2-4-12(13)27-10-17(18,19)20)3-5-15(22)21-6-7-26-14(9-21)16(23)24/h2,4,8,14H,3,5-7,9-10H2,1H3,(H,23,24). The van der Waals surface area contributed by atoms with E-state index in [1.165, 1.54) is 24.1 Å². The van der Waals surface area contributed by atoms with Crippen LogP contribution < -0.4 is 9.47 Å². The number of carboxylic acid groups (broad SMARTS) is 1. The van der Waals surface area contributed by atoms with Gasteiger partial charge in [0, 0.05) is 13.0 Å². The average Bonchev–Trinajstić information content (AvgIpc) is 2.64. The van der Waals surface area contributed by atoms with Gasteiger partial charge < -0.3 is 24.2 Å². The van der Waals surface area contributed by atoms with Gasteiger partial charge in [0.05, 0.1) is 20.3 Å². The molecule has 2 rings (SSSR count). The van der Waals surface area contributed by atoms with Crippen LogP contribution in [-0.4, -0.2) is 67.6 Å². The summed E-state index contributed by atoms with van der Waals surface area (Å²) in [6.45, 7) is -0.970. The molecule has 0 aliphatic carbocycles. The second kappa shape index (κ2) is 8.94. The number of carbonyl (C=O) groups is 2. The highest BCUT2D eigenvalue weighted by molar-refractivity contribution is 5.79. The van der Waals surface area contributed by atoms with Crippen LogP contribution in [0.5, 0.6) is 11.5 Å². The van der Waals surface area contributed by atoms with E-state index in [9.17, 15) is 22.8 Å². The molecule has 0 aromatic heterocycles. The number of aliphatic carboxylic acids is 1. The molecule has 1 aliphatic rings. The molecule has 1 saturated heterocycles. The fourth-order valence-corrected chi connectivity index (χ4v) is 2.58. The second-order valence-corrected chi connectivity index (χ2v) is 5.93. The largest absolute Gasteiger partial charge is 0.493 e. The molecule has 1 aromatic carbocycles. The Labute approximate surface area is 153 Å². The van der Waals surface area contributed by atoms with Crippen molar-refractivity contribution in [1.82, 2.24) is 4.90 Å². The summed E-state index contributed by atoms with van der Waals surface area (Å²) in [5, 5.41) is 8.96. The number of rotatable bonds is 7. The maximum Gasteiger partial charge on any atom is 0.422 e. The zero-order chi connectivity index (χ0) is 20.0. The fourth-order valence-electron chi connectivity index (χ4n) is 2.58. The molecule has 1 heterocycles. The van der Waals surface area contributed by atoms with Crippen molar-refractivity contribution in [3.63, 3.8) is 0 Å². The van der Waals surface area contributed by atoms with Crippen molar-refractivity contribution >= 4 is 11.9 Å². The topological polar surface area (TPSA) is 85.3 Å². The van der Waals surface area contributed by atoms with Crippen molar-refractivity contribution in [3.8, 4) is 11.5 Å². The van der Waals surface area contributed by atoms with Gasteiger partial charge in [-0.25, -0.2) is 4.79 Å². The smallest absolute Gasteiger partial charge is 0.422 e. The number of nitrogens with zero attached hydrogens (tertiary/aromatic N) is 1. The number of aryl methyl sites for hydroxylation is 1. The van der Waals surface area contributed by atoms with Crippen molar-refractivity contribution in [2.24, 2.45) is 0 Å². The average molecular weight is 391 g/mol. The summed E-state index contributed by atoms with van der Waals surface area (Å²) in [7, 11) is 1.31. The number of hydrogen-bond acceptors (Lipinski definition) is 5. The van der Waals surface area contributed by atoms with E-state index in [1.807, 2.05) is 0 Å². The van der Waals surface area contributed by atoms with Crippen molar-refractivity contribution in [1.29, 1.82) is 0 Å². The maximum absolute atomic E-state index is 12.3. The zero-order valence-electron chi connectivity index (χ0n) is 14.6. The van der Waals surface area contributed by atoms with Crippen molar-refractivity contribution in [2.75, 3.05) is 33.4 Å². The van der Waals surface area contributed by atoms with Crippen molar-refractivity contribution in [3.05, 3.63) is 23.8 Å². The zero-order valence-corrected chi connectivity index (χ0v) is 14.6. The lowest BCUT2D eigenvalue weighted by Crippen LogP contribution is -2.48. The Morgan fingerprint density at radius 1 is 1.33 bits per heavy atom. The van der Waals surface area contributed by atoms with Crippen LogP contribution in [0, 0.1) is 0 Å². The Kier molecular flexibility index (Phi) is 6.89. The number of morpholine rings is 1. The Morgan fingerprint density at radius 2 is 2.07 bits per heavy atom. The number of alkyl halides is 3. The molecule has 0 bridgehead atoms. The third kappa shape index (κ3) is 6.31. The van der Waals surface area contributed by atoms with Gasteiger partial charge in [-0.3, -0.25) is 4.79 Å². The first-order chi connectivity index (χ1) is 12.7. The van der Waals surface area contributed by atoms with Gasteiger partial charge in [0.25, 0.3) is 0 Å². The summed E-state index contributed by atoms with van der Waals surface area (Å²) >= 11 is 0. The Balaban J connectivity index is 1.93. The molecule has 10 heteroatoms. The molecule has 0 radical (unpaired) electrons. The van der Waals surface area contributed by atoms with Gasteiger partial charge in [0.2, 0.25) is 5.91 Å². The Bertz CT molecular complexity index is 679. The number of halogens is 3. The molecule has 1 N–H and O–H groups in total. The third-order valence-electron chi connectivity index (χ3n) is 3.94. The molecule has 1 aliphatic heterocycles. The first-order valence-corrected chi connectivity index (χ1v) is 8.18. The lowest BCUT2D eigenvalue weighted by molar-refractivity contribution is -0.159. The molecule has 0 saturated carbocycles. The van der Waals surface area contributed by atoms with Gasteiger partial charge in [-0.15, -0.1) is 0 Å². The lowest BCUT2D eigenvalue weighted by atomic mass is 10.1. The van der Waals surface area contributed by atoms with Crippen LogP contribution in [0.25, 0.3) is 0 Å². The number of methoxy groups -OCH3 is 1. The minimum atomic E-state index is -4.46. The van der Waals surface area contributed by atoms with Crippen molar-refractivity contribution in [2.45, 2.75) is 25.1 Å². The molecule has 1 fully saturated rings. The molecular formula is C17H20F3NO6. The highest BCUT2D eigenvalue weighted by atomic mass is 19.4. The Morgan fingerprint density at radius 3 is 2.70 bits per heavy atom. The van der Waals surface area contributed by atoms with Crippen LogP contribution in [0.15, 0.2) is 18.2 Å². The highest BCUT2D eigenvalue weighted by Crippen LogP contribution is 2.30. The van der Waals surface area contributed by atoms with E-state index in [2.05, 4.69) is 0 Å². The van der Waals surface area contributed by atoms with Gasteiger partial charge in [-0.05, 0) is 24.1 Å². The van der Waals surface area contributed by atoms with Crippen LogP contribution >= 0.6 is 0 Å². The third-order valence-corrected chi connectivity index (χ3v) is 3.94. The Hall–Kier alpha value is -2.49. The van der Waals surface area contributed by atoms with Crippen LogP contribution in [0.3, 0.4) is 0 Å². The molecule has 150 valence electrons. The minimum Gasteiger partial charge on any atom is -0.493 e. The van der Waals surface area contributed by atoms with E-state index >= 15 is 0 Å². The monoisotopic (exact) mass is 391 g/mol. The number of benzene rings is 1. The molecule has 7 nitrogen and oxygen atoms in total. The van der Waals surface area contributed by atoms with Crippen LogP contribution in [0.1, 0.15) is 12.0 Å². The highest BCUT2D eigenvalue weighted by Gasteiger charge is 2.30. The summed E-state index contributed by atoms with van der Waals surface area (Å²) in [6.07, 6.45) is -5.04. The van der Waals surface area contributed by atoms with E-state index < -0.39 is 24.9 Å². The van der Waals surface area contributed by atoms with E-state index in [4.69, 9.17) is 19.3 Å². The number of hydrogen-bond donors (Lipinski definition) is 1. The molecule has 27 heavy (non-hydrogen) atoms. The molecule has 1 amide bonds. The maximum atomic E-state index is 12.3. The number of amides is 1. The summed E-state index contributed by atoms with van der Waals surface area (Å²) in [5.74, 6) is -1.24. The molecule has 1 atom stereocenters. The molecule has 1 unspecified atom stereocenters. The summed E-state index contributed by atoms with van der Waals surface area (Å²) in [5.41, 5.74) is 0.683. The number of carbonyl (C=O) groups excluding carboxylic acids is 1. The van der Waals surface area contributed by atoms with Crippen LogP contribution in [-0.2, 0) is 20.7 Å². The van der Waals surface area contributed by atoms with Gasteiger partial charge >= 0.3 is 12.1 Å². The first kappa shape index (κ1) is 20.8. The van der Waals surface area contributed by atoms with Gasteiger partial charge in [-0.2, -0.15) is 13.2 Å². The SMILES string of the molecule is COc1cc(CCC(=O)N2CCOC(C(=O)O)C2)ccc1OCC(F)(F)F. The minimum absolute atomic E-state index is 0.0122. The second-order valence-electron chi connectivity index (χ2n) is 5.93. The van der Waals surface area contributed by atoms with E-state index in [0.29, 0.717) is 18.5 Å². The molecule has 0 spiro atoms. The van der Waals surface area contributed by atoms with E-state index in [-0.39, 0.29) is 37.0 Å². The summed E-state index contributed by atoms with van der Waals surface area (Å²) < 4.78 is 51.6. The molecular weight excluding hydrogens is 371 g/mol. The van der Waals surface area contributed by atoms with Crippen molar-refractivity contribution < 1.29 is 42.1 Å². The molecule has 1 aromatic rings. The van der Waals surface area contributed by atoms with Crippen LogP contribution in [0.4, 0.5) is 13.2 Å². The predicted octanol–water partition coefficient (Wildman–Crippen LogP) is 1.88. The van der Waals surface area contributed by atoms with E-state index in [1.54, 1.807) is 6.07 Å². The van der Waals surface area contributed by atoms with Crippen LogP contribution in [0.2, 0.25) is 0 Å². The normalized spacial score (nSPS) is 17.5.